The monoisotopic (exact) mass is 388 g/mol. The van der Waals surface area contributed by atoms with Crippen LogP contribution in [-0.4, -0.2) is 16.1 Å². The van der Waals surface area contributed by atoms with Crippen LogP contribution in [0.2, 0.25) is 0 Å². The topological polar surface area (TPSA) is 83.8 Å². The first-order valence-electron chi connectivity index (χ1n) is 6.00. The van der Waals surface area contributed by atoms with Crippen LogP contribution in [0, 0.1) is 9.39 Å². The largest absolute Gasteiger partial charge is 0.395 e. The number of nitrogens with one attached hydrogen (secondary N) is 2. The number of carbonyl (C=O) groups excluding carboxylic acids is 1. The van der Waals surface area contributed by atoms with Gasteiger partial charge in [-0.05, 0) is 46.7 Å². The highest BCUT2D eigenvalue weighted by Gasteiger charge is 2.19. The number of benzene rings is 1. The lowest BCUT2D eigenvalue weighted by atomic mass is 10.1. The number of rotatable bonds is 3. The number of anilines is 2. The number of nitrogens with zero attached hydrogens (tertiary/aromatic N) is 1. The highest BCUT2D eigenvalue weighted by atomic mass is 127. The molecule has 0 unspecified atom stereocenters. The maximum atomic E-state index is 13.0. The van der Waals surface area contributed by atoms with Gasteiger partial charge in [-0.25, -0.2) is 4.39 Å². The molecule has 1 heterocycles. The van der Waals surface area contributed by atoms with Gasteiger partial charge in [0.1, 0.15) is 5.82 Å². The highest BCUT2D eigenvalue weighted by Crippen LogP contribution is 2.24. The summed E-state index contributed by atoms with van der Waals surface area (Å²) in [6.07, 6.45) is 0. The smallest absolute Gasteiger partial charge is 0.278 e. The first kappa shape index (κ1) is 14.8. The molecule has 2 rings (SSSR count). The van der Waals surface area contributed by atoms with Gasteiger partial charge in [0.15, 0.2) is 5.69 Å². The first-order chi connectivity index (χ1) is 9.40. The van der Waals surface area contributed by atoms with Crippen molar-refractivity contribution in [2.45, 2.75) is 19.8 Å². The standard InChI is InChI=1S/C13H14FIN4O/c1-6(2)11-10(16)12(19-18-11)13(20)17-9-4-3-7(14)5-8(9)15/h3-6H,16H2,1-2H3,(H,17,20)(H,18,19). The summed E-state index contributed by atoms with van der Waals surface area (Å²) in [4.78, 5) is 12.1. The van der Waals surface area contributed by atoms with Gasteiger partial charge in [-0.1, -0.05) is 13.8 Å². The van der Waals surface area contributed by atoms with Crippen LogP contribution < -0.4 is 11.1 Å². The van der Waals surface area contributed by atoms with Crippen molar-refractivity contribution in [2.75, 3.05) is 11.1 Å². The maximum Gasteiger partial charge on any atom is 0.278 e. The van der Waals surface area contributed by atoms with Crippen molar-refractivity contribution in [3.8, 4) is 0 Å². The Kier molecular flexibility index (Phi) is 4.26. The van der Waals surface area contributed by atoms with Crippen molar-refractivity contribution >= 4 is 39.9 Å². The van der Waals surface area contributed by atoms with Crippen LogP contribution >= 0.6 is 22.6 Å². The molecule has 0 saturated heterocycles. The number of nitrogens with two attached hydrogens (primary N) is 1. The van der Waals surface area contributed by atoms with E-state index in [1.54, 1.807) is 0 Å². The zero-order valence-corrected chi connectivity index (χ0v) is 13.2. The summed E-state index contributed by atoms with van der Waals surface area (Å²) in [7, 11) is 0. The predicted octanol–water partition coefficient (Wildman–Crippen LogP) is 3.11. The van der Waals surface area contributed by atoms with Crippen LogP contribution in [0.5, 0.6) is 0 Å². The third kappa shape index (κ3) is 2.92. The van der Waals surface area contributed by atoms with E-state index in [1.807, 2.05) is 36.4 Å². The van der Waals surface area contributed by atoms with Crippen LogP contribution in [0.4, 0.5) is 15.8 Å². The molecular weight excluding hydrogens is 374 g/mol. The Morgan fingerprint density at radius 3 is 2.75 bits per heavy atom. The molecule has 20 heavy (non-hydrogen) atoms. The summed E-state index contributed by atoms with van der Waals surface area (Å²) in [6, 6.07) is 4.12. The first-order valence-corrected chi connectivity index (χ1v) is 7.08. The SMILES string of the molecule is CC(C)c1[nH]nc(C(=O)Nc2ccc(F)cc2I)c1N. The zero-order valence-electron chi connectivity index (χ0n) is 11.0. The van der Waals surface area contributed by atoms with E-state index in [2.05, 4.69) is 15.5 Å². The van der Waals surface area contributed by atoms with Crippen molar-refractivity contribution < 1.29 is 9.18 Å². The van der Waals surface area contributed by atoms with Crippen molar-refractivity contribution in [3.05, 3.63) is 39.0 Å². The minimum atomic E-state index is -0.421. The molecule has 1 amide bonds. The maximum absolute atomic E-state index is 13.0. The minimum Gasteiger partial charge on any atom is -0.395 e. The molecule has 0 spiro atoms. The molecule has 5 nitrogen and oxygen atoms in total. The Labute approximate surface area is 129 Å². The lowest BCUT2D eigenvalue weighted by molar-refractivity contribution is 0.102. The Morgan fingerprint density at radius 1 is 1.50 bits per heavy atom. The highest BCUT2D eigenvalue weighted by molar-refractivity contribution is 14.1. The molecule has 0 bridgehead atoms. The normalized spacial score (nSPS) is 10.8. The molecule has 2 aromatic rings. The van der Waals surface area contributed by atoms with E-state index in [0.29, 0.717) is 14.9 Å². The number of nitrogen functional groups attached to an aromatic ring is 1. The zero-order chi connectivity index (χ0) is 14.9. The molecule has 0 saturated carbocycles. The van der Waals surface area contributed by atoms with Gasteiger partial charge in [0.2, 0.25) is 0 Å². The summed E-state index contributed by atoms with van der Waals surface area (Å²) in [5.74, 6) is -0.626. The van der Waals surface area contributed by atoms with E-state index in [-0.39, 0.29) is 17.4 Å². The molecule has 0 radical (unpaired) electrons. The van der Waals surface area contributed by atoms with E-state index >= 15 is 0 Å². The van der Waals surface area contributed by atoms with Gasteiger partial charge in [-0.3, -0.25) is 9.89 Å². The molecule has 0 atom stereocenters. The van der Waals surface area contributed by atoms with Crippen molar-refractivity contribution in [2.24, 2.45) is 0 Å². The van der Waals surface area contributed by atoms with E-state index < -0.39 is 5.91 Å². The molecule has 0 aliphatic rings. The fourth-order valence-corrected chi connectivity index (χ4v) is 2.36. The summed E-state index contributed by atoms with van der Waals surface area (Å²) in [5, 5.41) is 9.38. The van der Waals surface area contributed by atoms with Crippen LogP contribution in [0.15, 0.2) is 18.2 Å². The Hall–Kier alpha value is -1.64. The van der Waals surface area contributed by atoms with Gasteiger partial charge in [0.25, 0.3) is 5.91 Å². The van der Waals surface area contributed by atoms with E-state index in [4.69, 9.17) is 5.73 Å². The second-order valence-electron chi connectivity index (χ2n) is 4.63. The fourth-order valence-electron chi connectivity index (χ4n) is 1.75. The second-order valence-corrected chi connectivity index (χ2v) is 5.79. The summed E-state index contributed by atoms with van der Waals surface area (Å²) >= 11 is 1.95. The molecule has 4 N–H and O–H groups in total. The fraction of sp³-hybridized carbons (Fsp3) is 0.231. The van der Waals surface area contributed by atoms with Gasteiger partial charge in [0.05, 0.1) is 17.1 Å². The summed E-state index contributed by atoms with van der Waals surface area (Å²) in [6.45, 7) is 3.91. The minimum absolute atomic E-state index is 0.147. The van der Waals surface area contributed by atoms with E-state index in [0.717, 1.165) is 5.69 Å². The van der Waals surface area contributed by atoms with Gasteiger partial charge in [0, 0.05) is 3.57 Å². The molecule has 106 valence electrons. The molecule has 7 heteroatoms. The van der Waals surface area contributed by atoms with Crippen LogP contribution in [0.3, 0.4) is 0 Å². The van der Waals surface area contributed by atoms with E-state index in [1.165, 1.54) is 18.2 Å². The predicted molar refractivity (Wildman–Crippen MR) is 84.2 cm³/mol. The number of aromatic nitrogens is 2. The quantitative estimate of drug-likeness (QED) is 0.707. The van der Waals surface area contributed by atoms with Crippen molar-refractivity contribution in [1.82, 2.24) is 10.2 Å². The number of hydrogen-bond donors (Lipinski definition) is 3. The molecule has 0 aliphatic heterocycles. The number of hydrogen-bond acceptors (Lipinski definition) is 3. The lowest BCUT2D eigenvalue weighted by Gasteiger charge is -2.07. The third-order valence-electron chi connectivity index (χ3n) is 2.81. The van der Waals surface area contributed by atoms with Crippen LogP contribution in [0.1, 0.15) is 35.9 Å². The van der Waals surface area contributed by atoms with Crippen LogP contribution in [0.25, 0.3) is 0 Å². The summed E-state index contributed by atoms with van der Waals surface area (Å²) < 4.78 is 13.6. The van der Waals surface area contributed by atoms with Gasteiger partial charge >= 0.3 is 0 Å². The third-order valence-corrected chi connectivity index (χ3v) is 3.70. The molecular formula is C13H14FIN4O. The second kappa shape index (κ2) is 5.78. The van der Waals surface area contributed by atoms with Crippen LogP contribution in [-0.2, 0) is 0 Å². The molecule has 1 aromatic carbocycles. The lowest BCUT2D eigenvalue weighted by Crippen LogP contribution is -2.15. The van der Waals surface area contributed by atoms with Gasteiger partial charge < -0.3 is 11.1 Å². The number of halogens is 2. The van der Waals surface area contributed by atoms with Crippen molar-refractivity contribution in [1.29, 1.82) is 0 Å². The Bertz CT molecular complexity index is 654. The van der Waals surface area contributed by atoms with Gasteiger partial charge in [-0.2, -0.15) is 5.10 Å². The van der Waals surface area contributed by atoms with Crippen molar-refractivity contribution in [3.63, 3.8) is 0 Å². The summed E-state index contributed by atoms with van der Waals surface area (Å²) in [5.41, 5.74) is 7.64. The average Bonchev–Trinajstić information content (AvgIpc) is 2.74. The Balaban J connectivity index is 2.24. The number of carbonyl (C=O) groups is 1. The molecule has 0 aliphatic carbocycles. The molecule has 0 fully saturated rings. The van der Waals surface area contributed by atoms with E-state index in [9.17, 15) is 9.18 Å². The number of amides is 1. The average molecular weight is 388 g/mol. The van der Waals surface area contributed by atoms with Gasteiger partial charge in [-0.15, -0.1) is 0 Å². The number of H-pyrrole nitrogens is 1. The number of aromatic amines is 1. The molecule has 1 aromatic heterocycles. The Morgan fingerprint density at radius 2 is 2.20 bits per heavy atom.